The number of hydrogen-bond donors (Lipinski definition) is 0. The molecule has 5 rings (SSSR count). The third-order valence-electron chi connectivity index (χ3n) is 5.92. The van der Waals surface area contributed by atoms with Gasteiger partial charge in [0.05, 0.1) is 11.4 Å². The molecule has 0 fully saturated rings. The van der Waals surface area contributed by atoms with Crippen molar-refractivity contribution in [3.63, 3.8) is 0 Å². The number of aromatic nitrogens is 1. The Bertz CT molecular complexity index is 1420. The third kappa shape index (κ3) is 5.32. The van der Waals surface area contributed by atoms with Gasteiger partial charge >= 0.3 is 0 Å². The molecule has 0 N–H and O–H groups in total. The molecule has 0 aliphatic carbocycles. The summed E-state index contributed by atoms with van der Waals surface area (Å²) < 4.78 is 0. The lowest BCUT2D eigenvalue weighted by molar-refractivity contribution is 1.13. The van der Waals surface area contributed by atoms with Gasteiger partial charge in [0, 0.05) is 42.0 Å². The first-order chi connectivity index (χ1) is 17.2. The largest absolute Gasteiger partial charge is 0.378 e. The van der Waals surface area contributed by atoms with Gasteiger partial charge in [-0.3, -0.25) is 0 Å². The van der Waals surface area contributed by atoms with Crippen molar-refractivity contribution in [1.29, 1.82) is 0 Å². The Hall–Kier alpha value is -4.61. The molecule has 0 amide bonds. The van der Waals surface area contributed by atoms with E-state index in [2.05, 4.69) is 102 Å². The molecule has 0 saturated carbocycles. The average molecular weight is 451 g/mol. The molecule has 0 radical (unpaired) electrons. The summed E-state index contributed by atoms with van der Waals surface area (Å²) in [7, 11) is 4.08. The van der Waals surface area contributed by atoms with Crippen LogP contribution in [0.1, 0.15) is 11.1 Å². The Morgan fingerprint density at radius 3 is 1.40 bits per heavy atom. The second-order valence-corrected chi connectivity index (χ2v) is 8.63. The first kappa shape index (κ1) is 22.2. The van der Waals surface area contributed by atoms with E-state index in [9.17, 15) is 0 Å². The fourth-order valence-corrected chi connectivity index (χ4v) is 3.94. The predicted octanol–water partition coefficient (Wildman–Crippen LogP) is 7.55. The van der Waals surface area contributed by atoms with Crippen molar-refractivity contribution in [3.05, 3.63) is 132 Å². The zero-order valence-corrected chi connectivity index (χ0v) is 19.9. The number of pyridine rings is 1. The van der Waals surface area contributed by atoms with Gasteiger partial charge in [0.25, 0.3) is 0 Å². The normalized spacial score (nSPS) is 10.3. The van der Waals surface area contributed by atoms with Crippen LogP contribution in [-0.2, 0) is 0 Å². The van der Waals surface area contributed by atoms with Gasteiger partial charge in [0.15, 0.2) is 0 Å². The summed E-state index contributed by atoms with van der Waals surface area (Å²) in [6.07, 6.45) is 0. The van der Waals surface area contributed by atoms with Crippen LogP contribution < -0.4 is 4.90 Å². The Kier molecular flexibility index (Phi) is 6.42. The van der Waals surface area contributed by atoms with Gasteiger partial charge in [-0.1, -0.05) is 84.6 Å². The van der Waals surface area contributed by atoms with Crippen LogP contribution in [0.15, 0.2) is 121 Å². The van der Waals surface area contributed by atoms with Crippen molar-refractivity contribution in [2.45, 2.75) is 0 Å². The summed E-state index contributed by atoms with van der Waals surface area (Å²) in [6, 6.07) is 41.7. The molecule has 0 spiro atoms. The third-order valence-corrected chi connectivity index (χ3v) is 5.92. The van der Waals surface area contributed by atoms with Crippen molar-refractivity contribution >= 4 is 5.69 Å². The fraction of sp³-hybridized carbons (Fsp3) is 0.0606. The highest BCUT2D eigenvalue weighted by Crippen LogP contribution is 2.30. The number of rotatable bonds is 4. The van der Waals surface area contributed by atoms with Gasteiger partial charge in [0.2, 0.25) is 0 Å². The number of anilines is 1. The summed E-state index contributed by atoms with van der Waals surface area (Å²) in [5.74, 6) is 6.56. The predicted molar refractivity (Wildman–Crippen MR) is 147 cm³/mol. The minimum Gasteiger partial charge on any atom is -0.378 e. The van der Waals surface area contributed by atoms with E-state index in [-0.39, 0.29) is 0 Å². The Labute approximate surface area is 207 Å². The molecule has 0 atom stereocenters. The van der Waals surface area contributed by atoms with Crippen LogP contribution >= 0.6 is 0 Å². The molecule has 168 valence electrons. The molecule has 35 heavy (non-hydrogen) atoms. The van der Waals surface area contributed by atoms with Gasteiger partial charge < -0.3 is 4.90 Å². The van der Waals surface area contributed by atoms with E-state index < -0.39 is 0 Å². The van der Waals surface area contributed by atoms with Crippen LogP contribution in [0, 0.1) is 11.8 Å². The van der Waals surface area contributed by atoms with Gasteiger partial charge in [-0.05, 0) is 59.7 Å². The standard InChI is InChI=1S/C33H26N2/c1-35(2)31-21-17-26(18-22-31)14-13-25-15-19-27(20-16-25)30-23-32(28-9-5-3-6-10-28)34-33(24-30)29-11-7-4-8-12-29/h3-12,15-24H,1-2H3. The van der Waals surface area contributed by atoms with E-state index in [4.69, 9.17) is 4.98 Å². The molecule has 5 aromatic rings. The Morgan fingerprint density at radius 1 is 0.486 bits per heavy atom. The summed E-state index contributed by atoms with van der Waals surface area (Å²) in [6.45, 7) is 0. The van der Waals surface area contributed by atoms with Crippen LogP contribution in [0.25, 0.3) is 33.6 Å². The zero-order valence-electron chi connectivity index (χ0n) is 19.9. The number of hydrogen-bond acceptors (Lipinski definition) is 2. The highest BCUT2D eigenvalue weighted by Gasteiger charge is 2.09. The lowest BCUT2D eigenvalue weighted by Gasteiger charge is -2.11. The van der Waals surface area contributed by atoms with E-state index in [0.717, 1.165) is 44.8 Å². The summed E-state index contributed by atoms with van der Waals surface area (Å²) in [5, 5.41) is 0. The van der Waals surface area contributed by atoms with Crippen molar-refractivity contribution in [2.24, 2.45) is 0 Å². The average Bonchev–Trinajstić information content (AvgIpc) is 2.93. The summed E-state index contributed by atoms with van der Waals surface area (Å²) >= 11 is 0. The first-order valence-electron chi connectivity index (χ1n) is 11.7. The fourth-order valence-electron chi connectivity index (χ4n) is 3.94. The highest BCUT2D eigenvalue weighted by atomic mass is 15.1. The van der Waals surface area contributed by atoms with Crippen molar-refractivity contribution in [1.82, 2.24) is 4.98 Å². The maximum Gasteiger partial charge on any atom is 0.0715 e. The Morgan fingerprint density at radius 2 is 0.943 bits per heavy atom. The maximum atomic E-state index is 4.97. The summed E-state index contributed by atoms with van der Waals surface area (Å²) in [4.78, 5) is 7.06. The lowest BCUT2D eigenvalue weighted by Crippen LogP contribution is -2.07. The minimum absolute atomic E-state index is 0.965. The van der Waals surface area contributed by atoms with Crippen molar-refractivity contribution in [2.75, 3.05) is 19.0 Å². The van der Waals surface area contributed by atoms with Gasteiger partial charge in [-0.2, -0.15) is 0 Å². The highest BCUT2D eigenvalue weighted by molar-refractivity contribution is 5.76. The van der Waals surface area contributed by atoms with E-state index >= 15 is 0 Å². The monoisotopic (exact) mass is 450 g/mol. The topological polar surface area (TPSA) is 16.1 Å². The maximum absolute atomic E-state index is 4.97. The number of benzene rings is 4. The summed E-state index contributed by atoms with van der Waals surface area (Å²) in [5.41, 5.74) is 9.59. The van der Waals surface area contributed by atoms with Crippen LogP contribution in [-0.4, -0.2) is 19.1 Å². The van der Waals surface area contributed by atoms with Gasteiger partial charge in [-0.15, -0.1) is 0 Å². The second-order valence-electron chi connectivity index (χ2n) is 8.63. The molecule has 0 aliphatic rings. The van der Waals surface area contributed by atoms with Gasteiger partial charge in [0.1, 0.15) is 0 Å². The first-order valence-corrected chi connectivity index (χ1v) is 11.7. The minimum atomic E-state index is 0.965. The van der Waals surface area contributed by atoms with Gasteiger partial charge in [-0.25, -0.2) is 4.98 Å². The quantitative estimate of drug-likeness (QED) is 0.263. The molecule has 1 aromatic heterocycles. The molecule has 2 nitrogen and oxygen atoms in total. The van der Waals surface area contributed by atoms with Crippen LogP contribution in [0.4, 0.5) is 5.69 Å². The molecule has 0 unspecified atom stereocenters. The van der Waals surface area contributed by atoms with Crippen molar-refractivity contribution < 1.29 is 0 Å². The van der Waals surface area contributed by atoms with Crippen LogP contribution in [0.5, 0.6) is 0 Å². The van der Waals surface area contributed by atoms with Crippen molar-refractivity contribution in [3.8, 4) is 45.5 Å². The molecular formula is C33H26N2. The molecule has 0 bridgehead atoms. The van der Waals surface area contributed by atoms with E-state index in [1.54, 1.807) is 0 Å². The molecule has 0 saturated heterocycles. The SMILES string of the molecule is CN(C)c1ccc(C#Cc2ccc(-c3cc(-c4ccccc4)nc(-c4ccccc4)c3)cc2)cc1. The zero-order chi connectivity index (χ0) is 24.0. The van der Waals surface area contributed by atoms with E-state index in [1.165, 1.54) is 5.69 Å². The van der Waals surface area contributed by atoms with E-state index in [1.807, 2.05) is 50.5 Å². The van der Waals surface area contributed by atoms with Crippen LogP contribution in [0.3, 0.4) is 0 Å². The molecule has 4 aromatic carbocycles. The molecule has 0 aliphatic heterocycles. The molecule has 1 heterocycles. The molecule has 2 heteroatoms. The second kappa shape index (κ2) is 10.1. The molecular weight excluding hydrogens is 424 g/mol. The lowest BCUT2D eigenvalue weighted by atomic mass is 9.99. The Balaban J connectivity index is 1.47. The van der Waals surface area contributed by atoms with Crippen LogP contribution in [0.2, 0.25) is 0 Å². The van der Waals surface area contributed by atoms with E-state index in [0.29, 0.717) is 0 Å². The number of nitrogens with zero attached hydrogens (tertiary/aromatic N) is 2. The smallest absolute Gasteiger partial charge is 0.0715 e.